The van der Waals surface area contributed by atoms with Gasteiger partial charge in [-0.1, -0.05) is 0 Å². The normalized spacial score (nSPS) is 12.9. The Labute approximate surface area is 91.2 Å². The number of carbonyl (C=O) groups is 1. The van der Waals surface area contributed by atoms with Gasteiger partial charge in [-0.3, -0.25) is 4.79 Å². The van der Waals surface area contributed by atoms with Crippen molar-refractivity contribution in [2.75, 3.05) is 12.5 Å². The zero-order valence-electron chi connectivity index (χ0n) is 9.18. The van der Waals surface area contributed by atoms with Gasteiger partial charge >= 0.3 is 0 Å². The van der Waals surface area contributed by atoms with Gasteiger partial charge in [0.15, 0.2) is 0 Å². The molecule has 1 unspecified atom stereocenters. The van der Waals surface area contributed by atoms with E-state index in [4.69, 9.17) is 16.3 Å². The minimum atomic E-state index is -0.0548. The van der Waals surface area contributed by atoms with Crippen molar-refractivity contribution in [1.82, 2.24) is 5.32 Å². The molecule has 0 aromatic carbocycles. The molecule has 0 aliphatic rings. The van der Waals surface area contributed by atoms with Crippen LogP contribution in [-0.4, -0.2) is 30.5 Å². The quantitative estimate of drug-likeness (QED) is 0.668. The van der Waals surface area contributed by atoms with Gasteiger partial charge in [-0.2, -0.15) is 0 Å². The van der Waals surface area contributed by atoms with Gasteiger partial charge in [-0.05, 0) is 33.6 Å². The maximum Gasteiger partial charge on any atom is 0.246 e. The van der Waals surface area contributed by atoms with Crippen LogP contribution in [0.4, 0.5) is 0 Å². The lowest BCUT2D eigenvalue weighted by molar-refractivity contribution is -0.127. The summed E-state index contributed by atoms with van der Waals surface area (Å²) in [5.74, 6) is 0.587. The van der Waals surface area contributed by atoms with E-state index in [9.17, 15) is 4.79 Å². The summed E-state index contributed by atoms with van der Waals surface area (Å²) in [5, 5.41) is 2.85. The molecule has 84 valence electrons. The molecule has 0 heterocycles. The maximum atomic E-state index is 11.3. The number of nitrogens with one attached hydrogen (secondary N) is 1. The highest BCUT2D eigenvalue weighted by molar-refractivity contribution is 6.17. The molecule has 0 aliphatic heterocycles. The lowest BCUT2D eigenvalue weighted by Gasteiger charge is -2.14. The largest absolute Gasteiger partial charge is 0.369 e. The zero-order valence-corrected chi connectivity index (χ0v) is 9.93. The second kappa shape index (κ2) is 8.06. The number of rotatable bonds is 7. The van der Waals surface area contributed by atoms with Crippen LogP contribution in [0.5, 0.6) is 0 Å². The van der Waals surface area contributed by atoms with Crippen LogP contribution in [0, 0.1) is 0 Å². The third-order valence-electron chi connectivity index (χ3n) is 1.73. The molecule has 0 fully saturated rings. The first-order chi connectivity index (χ1) is 6.56. The van der Waals surface area contributed by atoms with Crippen LogP contribution in [0.3, 0.4) is 0 Å². The Kier molecular flexibility index (Phi) is 7.90. The first kappa shape index (κ1) is 13.7. The molecule has 14 heavy (non-hydrogen) atoms. The van der Waals surface area contributed by atoms with Crippen molar-refractivity contribution in [2.24, 2.45) is 0 Å². The molecule has 0 aromatic rings. The summed E-state index contributed by atoms with van der Waals surface area (Å²) in [6.07, 6.45) is 1.93. The molecule has 0 rings (SSSR count). The first-order valence-electron chi connectivity index (χ1n) is 5.03. The Morgan fingerprint density at radius 1 is 1.43 bits per heavy atom. The van der Waals surface area contributed by atoms with Crippen LogP contribution >= 0.6 is 11.6 Å². The average Bonchev–Trinajstić information content (AvgIpc) is 2.11. The van der Waals surface area contributed by atoms with E-state index in [1.54, 1.807) is 0 Å². The van der Waals surface area contributed by atoms with Crippen molar-refractivity contribution >= 4 is 17.5 Å². The third-order valence-corrected chi connectivity index (χ3v) is 1.99. The van der Waals surface area contributed by atoms with E-state index in [1.165, 1.54) is 0 Å². The number of hydrogen-bond donors (Lipinski definition) is 1. The first-order valence-corrected chi connectivity index (χ1v) is 5.56. The van der Waals surface area contributed by atoms with Crippen LogP contribution < -0.4 is 5.32 Å². The summed E-state index contributed by atoms with van der Waals surface area (Å²) < 4.78 is 5.17. The van der Waals surface area contributed by atoms with Crippen molar-refractivity contribution in [1.29, 1.82) is 0 Å². The number of halogens is 1. The van der Waals surface area contributed by atoms with E-state index in [1.807, 2.05) is 20.8 Å². The van der Waals surface area contributed by atoms with Crippen LogP contribution in [0.15, 0.2) is 0 Å². The van der Waals surface area contributed by atoms with Crippen molar-refractivity contribution < 1.29 is 9.53 Å². The summed E-state index contributed by atoms with van der Waals surface area (Å²) in [5.41, 5.74) is 0. The molecular formula is C10H20ClNO2. The number of hydrogen-bond acceptors (Lipinski definition) is 2. The van der Waals surface area contributed by atoms with Crippen molar-refractivity contribution in [3.05, 3.63) is 0 Å². The molecule has 1 N–H and O–H groups in total. The van der Waals surface area contributed by atoms with Crippen molar-refractivity contribution in [3.63, 3.8) is 0 Å². The Morgan fingerprint density at radius 3 is 2.57 bits per heavy atom. The van der Waals surface area contributed by atoms with E-state index >= 15 is 0 Å². The molecule has 0 saturated heterocycles. The average molecular weight is 222 g/mol. The summed E-state index contributed by atoms with van der Waals surface area (Å²) in [7, 11) is 0. The van der Waals surface area contributed by atoms with Gasteiger partial charge in [-0.15, -0.1) is 11.6 Å². The number of carbonyl (C=O) groups excluding carboxylic acids is 1. The molecular weight excluding hydrogens is 202 g/mol. The summed E-state index contributed by atoms with van der Waals surface area (Å²) in [6, 6.07) is 0.178. The van der Waals surface area contributed by atoms with Crippen molar-refractivity contribution in [2.45, 2.75) is 45.8 Å². The van der Waals surface area contributed by atoms with Gasteiger partial charge in [0.25, 0.3) is 0 Å². The molecule has 3 nitrogen and oxygen atoms in total. The van der Waals surface area contributed by atoms with Gasteiger partial charge < -0.3 is 10.1 Å². The highest BCUT2D eigenvalue weighted by Crippen LogP contribution is 1.98. The van der Waals surface area contributed by atoms with E-state index < -0.39 is 0 Å². The Bertz CT molecular complexity index is 162. The molecule has 0 bridgehead atoms. The van der Waals surface area contributed by atoms with E-state index in [0.717, 1.165) is 12.8 Å². The monoisotopic (exact) mass is 221 g/mol. The highest BCUT2D eigenvalue weighted by atomic mass is 35.5. The fraction of sp³-hybridized carbons (Fsp3) is 0.900. The van der Waals surface area contributed by atoms with Gasteiger partial charge in [0.05, 0.1) is 6.10 Å². The SMILES string of the molecule is CC(CCCCl)NC(=O)COC(C)C. The summed E-state index contributed by atoms with van der Waals surface area (Å²) in [6.45, 7) is 5.93. The Morgan fingerprint density at radius 2 is 2.07 bits per heavy atom. The number of alkyl halides is 1. The lowest BCUT2D eigenvalue weighted by atomic mass is 10.2. The van der Waals surface area contributed by atoms with E-state index in [0.29, 0.717) is 5.88 Å². The number of ether oxygens (including phenoxy) is 1. The summed E-state index contributed by atoms with van der Waals surface area (Å²) >= 11 is 5.55. The van der Waals surface area contributed by atoms with Crippen LogP contribution in [0.1, 0.15) is 33.6 Å². The second-order valence-corrected chi connectivity index (χ2v) is 4.04. The predicted molar refractivity (Wildman–Crippen MR) is 58.6 cm³/mol. The molecule has 0 aromatic heterocycles. The van der Waals surface area contributed by atoms with Crippen LogP contribution in [-0.2, 0) is 9.53 Å². The molecule has 0 spiro atoms. The smallest absolute Gasteiger partial charge is 0.246 e. The van der Waals surface area contributed by atoms with Crippen LogP contribution in [0.2, 0.25) is 0 Å². The Hall–Kier alpha value is -0.280. The van der Waals surface area contributed by atoms with E-state index in [2.05, 4.69) is 5.32 Å². The Balaban J connectivity index is 3.50. The summed E-state index contributed by atoms with van der Waals surface area (Å²) in [4.78, 5) is 11.3. The lowest BCUT2D eigenvalue weighted by Crippen LogP contribution is -2.35. The molecule has 0 aliphatic carbocycles. The minimum absolute atomic E-state index is 0.0548. The third kappa shape index (κ3) is 8.32. The minimum Gasteiger partial charge on any atom is -0.369 e. The standard InChI is InChI=1S/C10H20ClNO2/c1-8(2)14-7-10(13)12-9(3)5-4-6-11/h8-9H,4-7H2,1-3H3,(H,12,13). The second-order valence-electron chi connectivity index (χ2n) is 3.66. The molecule has 0 saturated carbocycles. The molecule has 1 amide bonds. The molecule has 4 heteroatoms. The van der Waals surface area contributed by atoms with Crippen molar-refractivity contribution in [3.8, 4) is 0 Å². The topological polar surface area (TPSA) is 38.3 Å². The molecule has 1 atom stereocenters. The number of amides is 1. The zero-order chi connectivity index (χ0) is 11.0. The van der Waals surface area contributed by atoms with Gasteiger partial charge in [0.2, 0.25) is 5.91 Å². The van der Waals surface area contributed by atoms with Gasteiger partial charge in [-0.25, -0.2) is 0 Å². The maximum absolute atomic E-state index is 11.3. The predicted octanol–water partition coefficient (Wildman–Crippen LogP) is 1.94. The fourth-order valence-corrected chi connectivity index (χ4v) is 1.17. The molecule has 0 radical (unpaired) electrons. The fourth-order valence-electron chi connectivity index (χ4n) is 1.01. The van der Waals surface area contributed by atoms with E-state index in [-0.39, 0.29) is 24.7 Å². The van der Waals surface area contributed by atoms with Gasteiger partial charge in [0.1, 0.15) is 6.61 Å². The highest BCUT2D eigenvalue weighted by Gasteiger charge is 2.07. The van der Waals surface area contributed by atoms with Gasteiger partial charge in [0, 0.05) is 11.9 Å². The van der Waals surface area contributed by atoms with Crippen LogP contribution in [0.25, 0.3) is 0 Å².